The van der Waals surface area contributed by atoms with Gasteiger partial charge in [0.15, 0.2) is 5.65 Å². The maximum Gasteiger partial charge on any atom is 0.407 e. The molecule has 4 aromatic rings. The van der Waals surface area contributed by atoms with E-state index in [-0.39, 0.29) is 12.5 Å². The number of aromatic nitrogens is 4. The Morgan fingerprint density at radius 2 is 1.81 bits per heavy atom. The van der Waals surface area contributed by atoms with E-state index in [0.717, 1.165) is 0 Å². The van der Waals surface area contributed by atoms with Gasteiger partial charge in [-0.3, -0.25) is 5.10 Å². The topological polar surface area (TPSA) is 92.8 Å². The first kappa shape index (κ1) is 20.0. The number of hydrogen-bond donors (Lipinski definition) is 2. The van der Waals surface area contributed by atoms with Crippen molar-refractivity contribution in [3.05, 3.63) is 76.8 Å². The smallest absolute Gasteiger partial charge is 0.407 e. The number of fused-ring (bicyclic) bond motifs is 4. The van der Waals surface area contributed by atoms with Gasteiger partial charge in [0.1, 0.15) is 23.8 Å². The minimum absolute atomic E-state index is 0.0357. The second-order valence-electron chi connectivity index (χ2n) is 7.27. The highest BCUT2D eigenvalue weighted by atomic mass is 35.5. The highest BCUT2D eigenvalue weighted by Gasteiger charge is 2.28. The summed E-state index contributed by atoms with van der Waals surface area (Å²) >= 11 is 6.08. The third-order valence-electron chi connectivity index (χ3n) is 5.38. The summed E-state index contributed by atoms with van der Waals surface area (Å²) in [5, 5.41) is 10.5. The lowest BCUT2D eigenvalue weighted by molar-refractivity contribution is 0.143. The Morgan fingerprint density at radius 3 is 2.56 bits per heavy atom. The predicted molar refractivity (Wildman–Crippen MR) is 121 cm³/mol. The molecule has 0 bridgehead atoms. The molecule has 0 saturated carbocycles. The average Bonchev–Trinajstić information content (AvgIpc) is 3.37. The predicted octanol–water partition coefficient (Wildman–Crippen LogP) is 4.29. The SMILES string of the molecule is O=C(NCCC#Cc1[nH]nc2ncnc(Cl)c12)OCC1c2ccccc2-c2ccccc21. The van der Waals surface area contributed by atoms with Gasteiger partial charge in [0.05, 0.1) is 5.39 Å². The Hall–Kier alpha value is -3.89. The van der Waals surface area contributed by atoms with Crippen molar-refractivity contribution in [1.29, 1.82) is 0 Å². The third-order valence-corrected chi connectivity index (χ3v) is 5.67. The Morgan fingerprint density at radius 1 is 1.09 bits per heavy atom. The van der Waals surface area contributed by atoms with E-state index in [1.165, 1.54) is 28.6 Å². The van der Waals surface area contributed by atoms with Crippen LogP contribution in [-0.2, 0) is 4.74 Å². The van der Waals surface area contributed by atoms with Crippen molar-refractivity contribution in [3.63, 3.8) is 0 Å². The van der Waals surface area contributed by atoms with E-state index in [1.54, 1.807) is 0 Å². The molecule has 7 nitrogen and oxygen atoms in total. The number of carbonyl (C=O) groups is 1. The molecule has 0 saturated heterocycles. The van der Waals surface area contributed by atoms with Gasteiger partial charge in [-0.25, -0.2) is 14.8 Å². The van der Waals surface area contributed by atoms with Crippen LogP contribution in [0.2, 0.25) is 5.15 Å². The van der Waals surface area contributed by atoms with Crippen molar-refractivity contribution in [2.24, 2.45) is 0 Å². The zero-order valence-electron chi connectivity index (χ0n) is 16.9. The van der Waals surface area contributed by atoms with Gasteiger partial charge in [0.2, 0.25) is 0 Å². The van der Waals surface area contributed by atoms with Crippen LogP contribution in [0.4, 0.5) is 4.79 Å². The van der Waals surface area contributed by atoms with Crippen molar-refractivity contribution in [3.8, 4) is 23.0 Å². The molecule has 0 unspecified atom stereocenters. The number of aromatic amines is 1. The molecule has 32 heavy (non-hydrogen) atoms. The van der Waals surface area contributed by atoms with Gasteiger partial charge >= 0.3 is 6.09 Å². The lowest BCUT2D eigenvalue weighted by Crippen LogP contribution is -2.26. The van der Waals surface area contributed by atoms with Crippen LogP contribution in [0.5, 0.6) is 0 Å². The summed E-state index contributed by atoms with van der Waals surface area (Å²) < 4.78 is 5.52. The number of H-pyrrole nitrogens is 1. The van der Waals surface area contributed by atoms with E-state index in [2.05, 4.69) is 61.6 Å². The molecule has 2 aromatic heterocycles. The summed E-state index contributed by atoms with van der Waals surface area (Å²) in [6, 6.07) is 16.5. The standard InChI is InChI=1S/C24H18ClN5O2/c25-22-21-20(29-30-23(21)28-14-27-22)11-5-6-12-26-24(31)32-13-19-17-9-3-1-7-15(17)16-8-2-4-10-18(16)19/h1-4,7-10,14,19H,6,12-13H2,(H,26,31)(H,27,28,29,30). The zero-order chi connectivity index (χ0) is 21.9. The first-order valence-electron chi connectivity index (χ1n) is 10.1. The first-order valence-corrected chi connectivity index (χ1v) is 10.5. The molecular formula is C24H18ClN5O2. The van der Waals surface area contributed by atoms with Crippen molar-refractivity contribution in [1.82, 2.24) is 25.5 Å². The monoisotopic (exact) mass is 443 g/mol. The zero-order valence-corrected chi connectivity index (χ0v) is 17.7. The molecule has 158 valence electrons. The highest BCUT2D eigenvalue weighted by molar-refractivity contribution is 6.34. The second-order valence-corrected chi connectivity index (χ2v) is 7.62. The fourth-order valence-electron chi connectivity index (χ4n) is 3.94. The minimum atomic E-state index is -0.461. The lowest BCUT2D eigenvalue weighted by atomic mass is 9.98. The van der Waals surface area contributed by atoms with Crippen LogP contribution in [-0.4, -0.2) is 39.4 Å². The summed E-state index contributed by atoms with van der Waals surface area (Å²) in [7, 11) is 0. The Labute approximate surface area is 189 Å². The molecular weight excluding hydrogens is 426 g/mol. The third kappa shape index (κ3) is 3.77. The van der Waals surface area contributed by atoms with Gasteiger partial charge in [0, 0.05) is 18.9 Å². The normalized spacial score (nSPS) is 12.0. The number of carbonyl (C=O) groups excluding carboxylic acids is 1. The van der Waals surface area contributed by atoms with Crippen molar-refractivity contribution in [2.75, 3.05) is 13.2 Å². The van der Waals surface area contributed by atoms with E-state index in [0.29, 0.717) is 34.8 Å². The Bertz CT molecular complexity index is 1330. The minimum Gasteiger partial charge on any atom is -0.449 e. The van der Waals surface area contributed by atoms with Crippen LogP contribution in [0, 0.1) is 11.8 Å². The van der Waals surface area contributed by atoms with Gasteiger partial charge in [-0.1, -0.05) is 66.1 Å². The van der Waals surface area contributed by atoms with E-state index in [9.17, 15) is 4.79 Å². The van der Waals surface area contributed by atoms with E-state index < -0.39 is 6.09 Å². The lowest BCUT2D eigenvalue weighted by Gasteiger charge is -2.14. The van der Waals surface area contributed by atoms with Gasteiger partial charge < -0.3 is 10.1 Å². The number of alkyl carbamates (subject to hydrolysis) is 1. The summed E-state index contributed by atoms with van der Waals surface area (Å²) in [5.74, 6) is 5.97. The number of rotatable bonds is 4. The highest BCUT2D eigenvalue weighted by Crippen LogP contribution is 2.44. The molecule has 1 aliphatic rings. The molecule has 2 aromatic carbocycles. The average molecular weight is 444 g/mol. The quantitative estimate of drug-likeness (QED) is 0.279. The second kappa shape index (κ2) is 8.69. The Balaban J connectivity index is 1.16. The number of benzene rings is 2. The molecule has 0 fully saturated rings. The van der Waals surface area contributed by atoms with Crippen molar-refractivity contribution in [2.45, 2.75) is 12.3 Å². The van der Waals surface area contributed by atoms with Gasteiger partial charge in [-0.05, 0) is 28.2 Å². The fraction of sp³-hybridized carbons (Fsp3) is 0.167. The molecule has 5 rings (SSSR count). The number of hydrogen-bond acceptors (Lipinski definition) is 5. The first-order chi connectivity index (χ1) is 15.7. The van der Waals surface area contributed by atoms with Crippen LogP contribution in [0.15, 0.2) is 54.9 Å². The molecule has 8 heteroatoms. The maximum absolute atomic E-state index is 12.2. The van der Waals surface area contributed by atoms with Gasteiger partial charge in [0.25, 0.3) is 0 Å². The molecule has 2 heterocycles. The van der Waals surface area contributed by atoms with E-state index in [4.69, 9.17) is 16.3 Å². The largest absolute Gasteiger partial charge is 0.449 e. The van der Waals surface area contributed by atoms with Gasteiger partial charge in [-0.2, -0.15) is 5.10 Å². The molecule has 0 radical (unpaired) electrons. The Kier molecular flexibility index (Phi) is 5.44. The van der Waals surface area contributed by atoms with Crippen molar-refractivity contribution >= 4 is 28.7 Å². The molecule has 1 aliphatic carbocycles. The molecule has 0 aliphatic heterocycles. The summed E-state index contributed by atoms with van der Waals surface area (Å²) in [4.78, 5) is 20.2. The van der Waals surface area contributed by atoms with Crippen LogP contribution < -0.4 is 5.32 Å². The fourth-order valence-corrected chi connectivity index (χ4v) is 4.16. The summed E-state index contributed by atoms with van der Waals surface area (Å²) in [6.45, 7) is 0.643. The van der Waals surface area contributed by atoms with Crippen LogP contribution in [0.1, 0.15) is 29.2 Å². The number of nitrogens with one attached hydrogen (secondary N) is 2. The molecule has 1 amide bonds. The van der Waals surface area contributed by atoms with E-state index >= 15 is 0 Å². The molecule has 0 atom stereocenters. The maximum atomic E-state index is 12.2. The summed E-state index contributed by atoms with van der Waals surface area (Å²) in [6.07, 6.45) is 1.33. The van der Waals surface area contributed by atoms with Gasteiger partial charge in [-0.15, -0.1) is 0 Å². The number of amides is 1. The number of nitrogens with zero attached hydrogens (tertiary/aromatic N) is 3. The van der Waals surface area contributed by atoms with Crippen LogP contribution in [0.25, 0.3) is 22.2 Å². The molecule has 2 N–H and O–H groups in total. The van der Waals surface area contributed by atoms with Crippen LogP contribution in [0.3, 0.4) is 0 Å². The van der Waals surface area contributed by atoms with Crippen molar-refractivity contribution < 1.29 is 9.53 Å². The van der Waals surface area contributed by atoms with E-state index in [1.807, 2.05) is 24.3 Å². The molecule has 0 spiro atoms. The number of halogens is 1. The van der Waals surface area contributed by atoms with Crippen LogP contribution >= 0.6 is 11.6 Å². The summed E-state index contributed by atoms with van der Waals surface area (Å²) in [5.41, 5.74) is 5.77. The number of ether oxygens (including phenoxy) is 1.